The Morgan fingerprint density at radius 3 is 2.64 bits per heavy atom. The molecule has 2 rings (SSSR count). The number of nitrogens with zero attached hydrogens (tertiary/aromatic N) is 1. The average molecular weight is 388 g/mol. The van der Waals surface area contributed by atoms with E-state index in [1.165, 1.54) is 31.2 Å². The smallest absolute Gasteiger partial charge is 0.172 e. The van der Waals surface area contributed by atoms with Crippen LogP contribution >= 0.6 is 0 Å². The summed E-state index contributed by atoms with van der Waals surface area (Å²) in [5, 5.41) is 9.86. The highest BCUT2D eigenvalue weighted by Crippen LogP contribution is 2.54. The second kappa shape index (κ2) is 10.5. The lowest BCUT2D eigenvalue weighted by atomic mass is 9.75. The van der Waals surface area contributed by atoms with Crippen molar-refractivity contribution in [2.24, 2.45) is 35.5 Å². The van der Waals surface area contributed by atoms with Gasteiger partial charge in [0.2, 0.25) is 0 Å². The molecule has 0 aliphatic heterocycles. The van der Waals surface area contributed by atoms with Gasteiger partial charge in [-0.2, -0.15) is 0 Å². The molecule has 3 heteroatoms. The molecule has 0 bridgehead atoms. The van der Waals surface area contributed by atoms with E-state index in [1.54, 1.807) is 6.20 Å². The van der Waals surface area contributed by atoms with Crippen molar-refractivity contribution in [1.82, 2.24) is 4.90 Å². The lowest BCUT2D eigenvalue weighted by Gasteiger charge is -2.30. The first kappa shape index (κ1) is 23.0. The van der Waals surface area contributed by atoms with Gasteiger partial charge in [0.1, 0.15) is 0 Å². The van der Waals surface area contributed by atoms with Crippen LogP contribution in [0.1, 0.15) is 53.9 Å². The average Bonchev–Trinajstić information content (AvgIpc) is 3.43. The van der Waals surface area contributed by atoms with Crippen LogP contribution in [0.4, 0.5) is 0 Å². The molecule has 1 N–H and O–H groups in total. The third-order valence-corrected chi connectivity index (χ3v) is 6.57. The molecule has 3 nitrogen and oxygen atoms in total. The van der Waals surface area contributed by atoms with Crippen molar-refractivity contribution in [2.75, 3.05) is 13.7 Å². The van der Waals surface area contributed by atoms with Crippen molar-refractivity contribution in [2.45, 2.75) is 60.2 Å². The minimum atomic E-state index is -0.817. The number of hydrogen-bond acceptors (Lipinski definition) is 3. The number of fused-ring (bicyclic) bond motifs is 1. The molecule has 0 heterocycles. The van der Waals surface area contributed by atoms with E-state index in [0.29, 0.717) is 12.5 Å². The molecular formula is C25H41NO2. The summed E-state index contributed by atoms with van der Waals surface area (Å²) >= 11 is 0. The van der Waals surface area contributed by atoms with Gasteiger partial charge in [0, 0.05) is 12.8 Å². The molecule has 2 aliphatic carbocycles. The molecule has 1 saturated carbocycles. The van der Waals surface area contributed by atoms with E-state index in [1.807, 2.05) is 4.90 Å². The Bertz CT molecular complexity index is 604. The molecule has 0 aromatic rings. The van der Waals surface area contributed by atoms with Crippen LogP contribution < -0.4 is 0 Å². The van der Waals surface area contributed by atoms with Gasteiger partial charge in [-0.25, -0.2) is 0 Å². The van der Waals surface area contributed by atoms with E-state index >= 15 is 0 Å². The molecule has 2 aliphatic rings. The van der Waals surface area contributed by atoms with Crippen LogP contribution in [0.2, 0.25) is 0 Å². The van der Waals surface area contributed by atoms with Crippen molar-refractivity contribution in [3.63, 3.8) is 0 Å². The van der Waals surface area contributed by atoms with Crippen molar-refractivity contribution in [3.05, 3.63) is 48.4 Å². The largest absolute Gasteiger partial charge is 0.366 e. The number of ether oxygens (including phenoxy) is 1. The van der Waals surface area contributed by atoms with Gasteiger partial charge in [0.05, 0.1) is 6.54 Å². The summed E-state index contributed by atoms with van der Waals surface area (Å²) in [6.07, 6.45) is 14.2. The van der Waals surface area contributed by atoms with Gasteiger partial charge in [0.15, 0.2) is 6.29 Å². The fraction of sp³-hybridized carbons (Fsp3) is 0.680. The van der Waals surface area contributed by atoms with E-state index in [0.717, 1.165) is 36.0 Å². The quantitative estimate of drug-likeness (QED) is 0.278. The third-order valence-electron chi connectivity index (χ3n) is 6.57. The number of methoxy groups -OCH3 is 1. The zero-order valence-corrected chi connectivity index (χ0v) is 18.8. The summed E-state index contributed by atoms with van der Waals surface area (Å²) in [5.41, 5.74) is 2.41. The maximum absolute atomic E-state index is 9.86. The van der Waals surface area contributed by atoms with Gasteiger partial charge >= 0.3 is 0 Å². The fourth-order valence-corrected chi connectivity index (χ4v) is 5.10. The van der Waals surface area contributed by atoms with Crippen molar-refractivity contribution < 1.29 is 9.84 Å². The highest BCUT2D eigenvalue weighted by molar-refractivity contribution is 5.25. The Kier molecular flexibility index (Phi) is 8.57. The van der Waals surface area contributed by atoms with Gasteiger partial charge in [-0.3, -0.25) is 0 Å². The van der Waals surface area contributed by atoms with E-state index in [4.69, 9.17) is 4.74 Å². The zero-order chi connectivity index (χ0) is 20.8. The summed E-state index contributed by atoms with van der Waals surface area (Å²) in [5.74, 6) is 4.53. The van der Waals surface area contributed by atoms with E-state index in [2.05, 4.69) is 65.5 Å². The van der Waals surface area contributed by atoms with Crippen LogP contribution in [-0.4, -0.2) is 30.0 Å². The molecule has 0 saturated heterocycles. The molecule has 1 fully saturated rings. The topological polar surface area (TPSA) is 32.7 Å². The van der Waals surface area contributed by atoms with Gasteiger partial charge in [0.25, 0.3) is 0 Å². The SMILES string of the molecule is C=CN(C[C@H](O)OC)/C(=C(C)/C=C/CC[C@@H](C)[C@@H]1[C@H]2C[C@@H]2C=C[C@@H]1C)C(C)C. The third kappa shape index (κ3) is 5.84. The lowest BCUT2D eigenvalue weighted by molar-refractivity contribution is -0.0824. The molecule has 6 atom stereocenters. The highest BCUT2D eigenvalue weighted by Gasteiger charge is 2.46. The summed E-state index contributed by atoms with van der Waals surface area (Å²) in [6, 6.07) is 0. The molecule has 0 aromatic carbocycles. The van der Waals surface area contributed by atoms with Crippen LogP contribution in [0.3, 0.4) is 0 Å². The fourth-order valence-electron chi connectivity index (χ4n) is 5.10. The molecule has 28 heavy (non-hydrogen) atoms. The maximum atomic E-state index is 9.86. The molecule has 0 aromatic heterocycles. The van der Waals surface area contributed by atoms with Gasteiger partial charge in [-0.1, -0.05) is 58.6 Å². The van der Waals surface area contributed by atoms with Crippen LogP contribution in [-0.2, 0) is 4.74 Å². The van der Waals surface area contributed by atoms with E-state index < -0.39 is 6.29 Å². The Balaban J connectivity index is 1.95. The van der Waals surface area contributed by atoms with E-state index in [9.17, 15) is 5.11 Å². The predicted molar refractivity (Wildman–Crippen MR) is 118 cm³/mol. The highest BCUT2D eigenvalue weighted by atomic mass is 16.6. The van der Waals surface area contributed by atoms with Gasteiger partial charge in [-0.05, 0) is 73.5 Å². The monoisotopic (exact) mass is 387 g/mol. The standard InChI is InChI=1S/C25H41NO2/c1-8-26(16-23(27)28-7)25(17(2)3)20(6)12-10-9-11-18(4)24-19(5)13-14-21-15-22(21)24/h8,10,12-14,17-19,21-24,27H,1,9,11,15-16H2,2-7H3/b12-10+,25-20+/t18-,19+,21+,22+,23-,24+/m1/s1. The molecule has 0 unspecified atom stereocenters. The molecule has 0 spiro atoms. The first-order chi connectivity index (χ1) is 13.3. The summed E-state index contributed by atoms with van der Waals surface area (Å²) in [6.45, 7) is 15.6. The Hall–Kier alpha value is -1.32. The van der Waals surface area contributed by atoms with E-state index in [-0.39, 0.29) is 0 Å². The van der Waals surface area contributed by atoms with Crippen molar-refractivity contribution in [3.8, 4) is 0 Å². The Labute approximate surface area is 172 Å². The minimum Gasteiger partial charge on any atom is -0.366 e. The lowest BCUT2D eigenvalue weighted by Crippen LogP contribution is -2.31. The Morgan fingerprint density at radius 1 is 1.32 bits per heavy atom. The maximum Gasteiger partial charge on any atom is 0.172 e. The minimum absolute atomic E-state index is 0.340. The molecule has 0 amide bonds. The number of rotatable bonds is 11. The number of hydrogen-bond donors (Lipinski definition) is 1. The molecule has 0 radical (unpaired) electrons. The number of aliphatic hydroxyl groups is 1. The second-order valence-electron chi connectivity index (χ2n) is 9.09. The summed E-state index contributed by atoms with van der Waals surface area (Å²) in [7, 11) is 1.52. The Morgan fingerprint density at radius 2 is 2.04 bits per heavy atom. The van der Waals surface area contributed by atoms with Gasteiger partial charge < -0.3 is 14.7 Å². The van der Waals surface area contributed by atoms with Crippen molar-refractivity contribution >= 4 is 0 Å². The van der Waals surface area contributed by atoms with Crippen molar-refractivity contribution in [1.29, 1.82) is 0 Å². The number of allylic oxidation sites excluding steroid dienone is 6. The summed E-state index contributed by atoms with van der Waals surface area (Å²) < 4.78 is 5.02. The number of aliphatic hydroxyl groups excluding tert-OH is 1. The van der Waals surface area contributed by atoms with Gasteiger partial charge in [-0.15, -0.1) is 0 Å². The van der Waals surface area contributed by atoms with Crippen LogP contribution in [0.15, 0.2) is 48.4 Å². The summed E-state index contributed by atoms with van der Waals surface area (Å²) in [4.78, 5) is 2.00. The molecular weight excluding hydrogens is 346 g/mol. The predicted octanol–water partition coefficient (Wildman–Crippen LogP) is 5.76. The first-order valence-electron chi connectivity index (χ1n) is 11.0. The second-order valence-corrected chi connectivity index (χ2v) is 9.09. The normalized spacial score (nSPS) is 29.4. The zero-order valence-electron chi connectivity index (χ0n) is 18.8. The van der Waals surface area contributed by atoms with Crippen LogP contribution in [0, 0.1) is 35.5 Å². The van der Waals surface area contributed by atoms with Crippen LogP contribution in [0.5, 0.6) is 0 Å². The van der Waals surface area contributed by atoms with Crippen LogP contribution in [0.25, 0.3) is 0 Å². The molecule has 158 valence electrons. The first-order valence-corrected chi connectivity index (χ1v) is 11.0.